The largest absolute Gasteiger partial charge is 0.367 e. The molecule has 2 aliphatic rings. The van der Waals surface area contributed by atoms with Gasteiger partial charge in [-0.1, -0.05) is 35.9 Å². The van der Waals surface area contributed by atoms with Crippen LogP contribution >= 0.6 is 47.8 Å². The molecule has 4 nitrogen and oxygen atoms in total. The molecule has 1 aromatic heterocycles. The van der Waals surface area contributed by atoms with Crippen molar-refractivity contribution in [3.8, 4) is 0 Å². The van der Waals surface area contributed by atoms with Gasteiger partial charge in [0.05, 0.1) is 16.4 Å². The number of hydrogen-bond donors (Lipinski definition) is 1. The molecule has 8 heteroatoms. The lowest BCUT2D eigenvalue weighted by atomic mass is 9.96. The van der Waals surface area contributed by atoms with E-state index in [1.165, 1.54) is 21.3 Å². The van der Waals surface area contributed by atoms with Crippen LogP contribution < -0.4 is 10.2 Å². The Balaban J connectivity index is 0.00000136. The van der Waals surface area contributed by atoms with E-state index in [-0.39, 0.29) is 36.8 Å². The molecule has 0 bridgehead atoms. The van der Waals surface area contributed by atoms with Crippen molar-refractivity contribution in [3.63, 3.8) is 0 Å². The molecule has 0 radical (unpaired) electrons. The topological polar surface area (TPSA) is 35.6 Å². The fourth-order valence-corrected chi connectivity index (χ4v) is 5.69. The van der Waals surface area contributed by atoms with Gasteiger partial charge >= 0.3 is 0 Å². The third kappa shape index (κ3) is 4.96. The van der Waals surface area contributed by atoms with Crippen LogP contribution in [0.25, 0.3) is 10.1 Å². The Bertz CT molecular complexity index is 1040. The highest BCUT2D eigenvalue weighted by atomic mass is 35.5. The van der Waals surface area contributed by atoms with Crippen molar-refractivity contribution in [1.29, 1.82) is 0 Å². The Hall–Kier alpha value is -1.50. The number of thiophene rings is 1. The zero-order valence-electron chi connectivity index (χ0n) is 17.0. The van der Waals surface area contributed by atoms with Crippen LogP contribution in [0.5, 0.6) is 0 Å². The van der Waals surface area contributed by atoms with Crippen LogP contribution in [-0.2, 0) is 4.79 Å². The molecule has 0 saturated carbocycles. The maximum Gasteiger partial charge on any atom is 0.239 e. The normalized spacial score (nSPS) is 20.9. The third-order valence-corrected chi connectivity index (χ3v) is 7.33. The summed E-state index contributed by atoms with van der Waals surface area (Å²) in [7, 11) is 0. The molecule has 0 unspecified atom stereocenters. The van der Waals surface area contributed by atoms with Gasteiger partial charge in [0.25, 0.3) is 0 Å². The zero-order valence-corrected chi connectivity index (χ0v) is 20.2. The first kappa shape index (κ1) is 24.1. The lowest BCUT2D eigenvalue weighted by molar-refractivity contribution is -0.133. The van der Waals surface area contributed by atoms with Crippen molar-refractivity contribution in [2.75, 3.05) is 37.6 Å². The van der Waals surface area contributed by atoms with E-state index in [0.29, 0.717) is 5.92 Å². The summed E-state index contributed by atoms with van der Waals surface area (Å²) in [4.78, 5) is 17.5. The molecular weight excluding hydrogens is 473 g/mol. The summed E-state index contributed by atoms with van der Waals surface area (Å²) >= 11 is 7.93. The number of benzene rings is 2. The standard InChI is InChI=1S/C23H24ClN3OS.2ClH/c24-19-5-1-4-17(13-19)18-14-20(25-15-18)23(28)27-10-8-26(9-11-27)21-6-2-3-16-7-12-29-22(16)21;;/h1-7,12-13,18,20,25H,8-11,14-15H2;2*1H/t18-,20-;;/m1../s1. The number of fused-ring (bicyclic) bond motifs is 1. The molecule has 31 heavy (non-hydrogen) atoms. The summed E-state index contributed by atoms with van der Waals surface area (Å²) in [5, 5.41) is 7.65. The Kier molecular flexibility index (Phi) is 8.11. The molecule has 1 N–H and O–H groups in total. The number of anilines is 1. The molecule has 166 valence electrons. The lowest BCUT2D eigenvalue weighted by Gasteiger charge is -2.37. The zero-order chi connectivity index (χ0) is 19.8. The summed E-state index contributed by atoms with van der Waals surface area (Å²) in [6, 6.07) is 16.6. The molecular formula is C23H26Cl3N3OS. The van der Waals surface area contributed by atoms with Crippen LogP contribution in [0.15, 0.2) is 53.9 Å². The summed E-state index contributed by atoms with van der Waals surface area (Å²) < 4.78 is 1.34. The number of carbonyl (C=O) groups excluding carboxylic acids is 1. The molecule has 2 saturated heterocycles. The number of nitrogens with one attached hydrogen (secondary N) is 1. The van der Waals surface area contributed by atoms with Gasteiger partial charge in [0, 0.05) is 37.7 Å². The van der Waals surface area contributed by atoms with E-state index in [2.05, 4.69) is 45.9 Å². The van der Waals surface area contributed by atoms with E-state index in [1.807, 2.05) is 23.1 Å². The van der Waals surface area contributed by atoms with Gasteiger partial charge in [-0.15, -0.1) is 36.2 Å². The van der Waals surface area contributed by atoms with E-state index in [4.69, 9.17) is 11.6 Å². The van der Waals surface area contributed by atoms with Gasteiger partial charge in [0.1, 0.15) is 0 Å². The average molecular weight is 499 g/mol. The first-order valence-electron chi connectivity index (χ1n) is 10.2. The molecule has 3 aromatic rings. The molecule has 0 aliphatic carbocycles. The highest BCUT2D eigenvalue weighted by molar-refractivity contribution is 7.17. The van der Waals surface area contributed by atoms with Crippen LogP contribution in [-0.4, -0.2) is 49.6 Å². The SMILES string of the molecule is Cl.Cl.O=C([C@H]1C[C@@H](c2cccc(Cl)c2)CN1)N1CCN(c2cccc3ccsc23)CC1. The minimum Gasteiger partial charge on any atom is -0.367 e. The summed E-state index contributed by atoms with van der Waals surface area (Å²) in [5.74, 6) is 0.587. The predicted molar refractivity (Wildman–Crippen MR) is 136 cm³/mol. The van der Waals surface area contributed by atoms with Gasteiger partial charge in [0.2, 0.25) is 5.91 Å². The first-order valence-corrected chi connectivity index (χ1v) is 11.4. The third-order valence-electron chi connectivity index (χ3n) is 6.14. The number of carbonyl (C=O) groups is 1. The highest BCUT2D eigenvalue weighted by Gasteiger charge is 2.34. The minimum absolute atomic E-state index is 0. The number of piperazine rings is 1. The monoisotopic (exact) mass is 497 g/mol. The maximum atomic E-state index is 13.1. The molecule has 3 heterocycles. The van der Waals surface area contributed by atoms with Crippen LogP contribution in [0.1, 0.15) is 17.9 Å². The second-order valence-electron chi connectivity index (χ2n) is 7.88. The fourth-order valence-electron chi connectivity index (χ4n) is 4.55. The Morgan fingerprint density at radius 3 is 2.58 bits per heavy atom. The van der Waals surface area contributed by atoms with E-state index in [0.717, 1.165) is 44.2 Å². The molecule has 5 rings (SSSR count). The maximum absolute atomic E-state index is 13.1. The van der Waals surface area contributed by atoms with Crippen LogP contribution in [0.2, 0.25) is 5.02 Å². The molecule has 0 spiro atoms. The quantitative estimate of drug-likeness (QED) is 0.539. The Morgan fingerprint density at radius 1 is 1.03 bits per heavy atom. The minimum atomic E-state index is -0.0914. The van der Waals surface area contributed by atoms with Gasteiger partial charge < -0.3 is 15.1 Å². The summed E-state index contributed by atoms with van der Waals surface area (Å²) in [6.45, 7) is 4.15. The fraction of sp³-hybridized carbons (Fsp3) is 0.348. The van der Waals surface area contributed by atoms with Gasteiger partial charge in [0.15, 0.2) is 0 Å². The second-order valence-corrected chi connectivity index (χ2v) is 9.23. The van der Waals surface area contributed by atoms with Gasteiger partial charge in [-0.05, 0) is 52.9 Å². The summed E-state index contributed by atoms with van der Waals surface area (Å²) in [5.41, 5.74) is 2.51. The number of amides is 1. The van der Waals surface area contributed by atoms with Crippen LogP contribution in [0.3, 0.4) is 0 Å². The van der Waals surface area contributed by atoms with Gasteiger partial charge in [-0.3, -0.25) is 4.79 Å². The Labute approximate surface area is 204 Å². The number of nitrogens with zero attached hydrogens (tertiary/aromatic N) is 2. The van der Waals surface area contributed by atoms with E-state index < -0.39 is 0 Å². The number of rotatable bonds is 3. The smallest absolute Gasteiger partial charge is 0.239 e. The highest BCUT2D eigenvalue weighted by Crippen LogP contribution is 2.32. The Morgan fingerprint density at radius 2 is 1.81 bits per heavy atom. The lowest BCUT2D eigenvalue weighted by Crippen LogP contribution is -2.53. The molecule has 2 fully saturated rings. The van der Waals surface area contributed by atoms with E-state index >= 15 is 0 Å². The van der Waals surface area contributed by atoms with Gasteiger partial charge in [-0.25, -0.2) is 0 Å². The van der Waals surface area contributed by atoms with E-state index in [1.54, 1.807) is 11.3 Å². The van der Waals surface area contributed by atoms with Gasteiger partial charge in [-0.2, -0.15) is 0 Å². The molecule has 2 atom stereocenters. The van der Waals surface area contributed by atoms with Crippen molar-refractivity contribution in [2.24, 2.45) is 0 Å². The first-order chi connectivity index (χ1) is 14.2. The van der Waals surface area contributed by atoms with Crippen molar-refractivity contribution in [3.05, 3.63) is 64.5 Å². The number of halogens is 3. The van der Waals surface area contributed by atoms with Crippen molar-refractivity contribution < 1.29 is 4.79 Å². The van der Waals surface area contributed by atoms with Crippen molar-refractivity contribution >= 4 is 69.4 Å². The number of hydrogen-bond acceptors (Lipinski definition) is 4. The molecule has 2 aromatic carbocycles. The van der Waals surface area contributed by atoms with Crippen molar-refractivity contribution in [1.82, 2.24) is 10.2 Å². The average Bonchev–Trinajstić information content (AvgIpc) is 3.43. The summed E-state index contributed by atoms with van der Waals surface area (Å²) in [6.07, 6.45) is 0.841. The van der Waals surface area contributed by atoms with Crippen LogP contribution in [0, 0.1) is 0 Å². The molecule has 2 aliphatic heterocycles. The van der Waals surface area contributed by atoms with E-state index in [9.17, 15) is 4.79 Å². The molecule has 1 amide bonds. The van der Waals surface area contributed by atoms with Crippen LogP contribution in [0.4, 0.5) is 5.69 Å². The van der Waals surface area contributed by atoms with Crippen molar-refractivity contribution in [2.45, 2.75) is 18.4 Å². The predicted octanol–water partition coefficient (Wildman–Crippen LogP) is 5.19. The second kappa shape index (κ2) is 10.4.